The van der Waals surface area contributed by atoms with Crippen molar-refractivity contribution in [2.75, 3.05) is 17.2 Å². The Morgan fingerprint density at radius 3 is 2.56 bits per heavy atom. The number of carbonyl (C=O) groups is 2. The van der Waals surface area contributed by atoms with Crippen LogP contribution in [0.4, 0.5) is 5.69 Å². The summed E-state index contributed by atoms with van der Waals surface area (Å²) in [7, 11) is 0. The van der Waals surface area contributed by atoms with Gasteiger partial charge in [0.25, 0.3) is 0 Å². The van der Waals surface area contributed by atoms with Crippen LogP contribution in [0.2, 0.25) is 0 Å². The van der Waals surface area contributed by atoms with Crippen molar-refractivity contribution in [2.24, 2.45) is 5.73 Å². The fourth-order valence-corrected chi connectivity index (χ4v) is 2.72. The zero-order chi connectivity index (χ0) is 12.3. The Morgan fingerprint density at radius 2 is 1.94 bits per heavy atom. The number of hydrogen-bond acceptors (Lipinski definition) is 4. The molecule has 1 heterocycles. The monoisotopic (exact) mass is 285 g/mol. The lowest BCUT2D eigenvalue weighted by Crippen LogP contribution is -3.00. The maximum absolute atomic E-state index is 12.1. The smallest absolute Gasteiger partial charge is 0.247 e. The molecule has 0 saturated carbocycles. The van der Waals surface area contributed by atoms with Crippen LogP contribution in [0.25, 0.3) is 0 Å². The highest BCUT2D eigenvalue weighted by Gasteiger charge is 2.39. The molecule has 1 fully saturated rings. The summed E-state index contributed by atoms with van der Waals surface area (Å²) < 4.78 is 0. The molecule has 1 unspecified atom stereocenters. The van der Waals surface area contributed by atoms with Crippen molar-refractivity contribution >= 4 is 29.3 Å². The third-order valence-electron chi connectivity index (χ3n) is 2.56. The molecule has 1 aromatic rings. The molecule has 4 nitrogen and oxygen atoms in total. The van der Waals surface area contributed by atoms with E-state index in [-0.39, 0.29) is 35.9 Å². The molecule has 18 heavy (non-hydrogen) atoms. The van der Waals surface area contributed by atoms with Gasteiger partial charge in [-0.1, -0.05) is 18.2 Å². The molecule has 0 bridgehead atoms. The molecular weight excluding hydrogens is 272 g/mol. The lowest BCUT2D eigenvalue weighted by Gasteiger charge is -2.14. The van der Waals surface area contributed by atoms with Crippen molar-refractivity contribution in [3.63, 3.8) is 0 Å². The molecule has 98 valence electrons. The highest BCUT2D eigenvalue weighted by molar-refractivity contribution is 8.00. The quantitative estimate of drug-likeness (QED) is 0.651. The minimum Gasteiger partial charge on any atom is -1.00 e. The molecule has 0 aromatic heterocycles. The van der Waals surface area contributed by atoms with E-state index in [1.54, 1.807) is 12.1 Å². The first-order valence-electron chi connectivity index (χ1n) is 5.47. The molecule has 1 atom stereocenters. The van der Waals surface area contributed by atoms with Gasteiger partial charge in [-0.2, -0.15) is 0 Å². The maximum Gasteiger partial charge on any atom is 0.247 e. The van der Waals surface area contributed by atoms with Gasteiger partial charge in [0.15, 0.2) is 0 Å². The average molecular weight is 286 g/mol. The van der Waals surface area contributed by atoms with Gasteiger partial charge in [-0.25, -0.2) is 4.90 Å². The number of nitrogens with two attached hydrogens (primary N) is 1. The minimum atomic E-state index is -0.272. The zero-order valence-corrected chi connectivity index (χ0v) is 11.3. The SMILES string of the molecule is NCCSC1CC(=O)N(c2ccccc2)C1=O.[Cl-]. The van der Waals surface area contributed by atoms with E-state index in [4.69, 9.17) is 5.73 Å². The predicted octanol–water partition coefficient (Wildman–Crippen LogP) is -1.99. The van der Waals surface area contributed by atoms with Gasteiger partial charge in [0.05, 0.1) is 10.9 Å². The van der Waals surface area contributed by atoms with Gasteiger partial charge in [0.2, 0.25) is 11.8 Å². The number of para-hydroxylation sites is 1. The second-order valence-corrected chi connectivity index (χ2v) is 5.07. The number of imide groups is 1. The summed E-state index contributed by atoms with van der Waals surface area (Å²) in [4.78, 5) is 25.2. The Balaban J connectivity index is 0.00000162. The summed E-state index contributed by atoms with van der Waals surface area (Å²) in [6.45, 7) is 0.522. The van der Waals surface area contributed by atoms with E-state index in [9.17, 15) is 9.59 Å². The van der Waals surface area contributed by atoms with Crippen molar-refractivity contribution in [3.8, 4) is 0 Å². The van der Waals surface area contributed by atoms with Crippen molar-refractivity contribution < 1.29 is 22.0 Å². The number of rotatable bonds is 4. The van der Waals surface area contributed by atoms with Gasteiger partial charge in [-0.05, 0) is 12.1 Å². The normalized spacial score (nSPS) is 18.9. The van der Waals surface area contributed by atoms with Crippen LogP contribution in [0.3, 0.4) is 0 Å². The van der Waals surface area contributed by atoms with Crippen LogP contribution in [0, 0.1) is 0 Å². The number of hydrogen-bond donors (Lipinski definition) is 1. The van der Waals surface area contributed by atoms with E-state index < -0.39 is 0 Å². The number of thioether (sulfide) groups is 1. The van der Waals surface area contributed by atoms with Crippen LogP contribution >= 0.6 is 11.8 Å². The Bertz CT molecular complexity index is 427. The van der Waals surface area contributed by atoms with Crippen LogP contribution in [0.5, 0.6) is 0 Å². The first kappa shape index (κ1) is 15.0. The molecule has 2 rings (SSSR count). The summed E-state index contributed by atoms with van der Waals surface area (Å²) in [5.41, 5.74) is 6.05. The second-order valence-electron chi connectivity index (χ2n) is 3.76. The van der Waals surface area contributed by atoms with Crippen molar-refractivity contribution in [1.82, 2.24) is 0 Å². The molecule has 0 radical (unpaired) electrons. The Morgan fingerprint density at radius 1 is 1.28 bits per heavy atom. The van der Waals surface area contributed by atoms with Crippen LogP contribution in [-0.2, 0) is 9.59 Å². The summed E-state index contributed by atoms with van der Waals surface area (Å²) in [6.07, 6.45) is 0.276. The number of carbonyl (C=O) groups excluding carboxylic acids is 2. The van der Waals surface area contributed by atoms with Crippen molar-refractivity contribution in [2.45, 2.75) is 11.7 Å². The molecule has 1 aliphatic rings. The fraction of sp³-hybridized carbons (Fsp3) is 0.333. The topological polar surface area (TPSA) is 63.4 Å². The largest absolute Gasteiger partial charge is 1.00 e. The fourth-order valence-electron chi connectivity index (χ4n) is 1.79. The number of amides is 2. The van der Waals surface area contributed by atoms with E-state index in [0.29, 0.717) is 18.0 Å². The third-order valence-corrected chi connectivity index (χ3v) is 3.80. The van der Waals surface area contributed by atoms with Gasteiger partial charge in [0.1, 0.15) is 0 Å². The van der Waals surface area contributed by atoms with E-state index in [1.165, 1.54) is 16.7 Å². The molecule has 1 aliphatic heterocycles. The van der Waals surface area contributed by atoms with Crippen molar-refractivity contribution in [1.29, 1.82) is 0 Å². The zero-order valence-electron chi connectivity index (χ0n) is 9.71. The molecule has 0 spiro atoms. The summed E-state index contributed by atoms with van der Waals surface area (Å²) in [5, 5.41) is -0.272. The molecule has 1 aromatic carbocycles. The van der Waals surface area contributed by atoms with Gasteiger partial charge in [-0.15, -0.1) is 11.8 Å². The van der Waals surface area contributed by atoms with E-state index >= 15 is 0 Å². The number of anilines is 1. The number of benzene rings is 1. The standard InChI is InChI=1S/C12H14N2O2S.ClH/c13-6-7-17-10-8-11(15)14(12(10)16)9-4-2-1-3-5-9;/h1-5,10H,6-8,13H2;1H/p-1. The third kappa shape index (κ3) is 3.04. The molecule has 2 N–H and O–H groups in total. The molecule has 6 heteroatoms. The number of halogens is 1. The van der Waals surface area contributed by atoms with Crippen LogP contribution in [-0.4, -0.2) is 29.4 Å². The first-order valence-corrected chi connectivity index (χ1v) is 6.52. The molecule has 0 aliphatic carbocycles. The summed E-state index contributed by atoms with van der Waals surface area (Å²) >= 11 is 1.46. The Hall–Kier alpha value is -1.04. The van der Waals surface area contributed by atoms with E-state index in [0.717, 1.165) is 0 Å². The first-order chi connectivity index (χ1) is 8.24. The van der Waals surface area contributed by atoms with Crippen LogP contribution in [0.1, 0.15) is 6.42 Å². The van der Waals surface area contributed by atoms with Crippen molar-refractivity contribution in [3.05, 3.63) is 30.3 Å². The lowest BCUT2D eigenvalue weighted by atomic mass is 10.3. The summed E-state index contributed by atoms with van der Waals surface area (Å²) in [6, 6.07) is 9.03. The van der Waals surface area contributed by atoms with Gasteiger partial charge >= 0.3 is 0 Å². The Kier molecular flexibility index (Phi) is 5.65. The highest BCUT2D eigenvalue weighted by Crippen LogP contribution is 2.28. The van der Waals surface area contributed by atoms with Gasteiger partial charge in [0, 0.05) is 18.7 Å². The maximum atomic E-state index is 12.1. The van der Waals surface area contributed by atoms with Crippen LogP contribution < -0.4 is 23.0 Å². The molecule has 2 amide bonds. The predicted molar refractivity (Wildman–Crippen MR) is 68.9 cm³/mol. The van der Waals surface area contributed by atoms with Crippen LogP contribution in [0.15, 0.2) is 30.3 Å². The van der Waals surface area contributed by atoms with E-state index in [2.05, 4.69) is 0 Å². The Labute approximate surface area is 116 Å². The second kappa shape index (κ2) is 6.78. The number of nitrogens with zero attached hydrogens (tertiary/aromatic N) is 1. The van der Waals surface area contributed by atoms with Gasteiger partial charge in [-0.3, -0.25) is 9.59 Å². The van der Waals surface area contributed by atoms with E-state index in [1.807, 2.05) is 18.2 Å². The summed E-state index contributed by atoms with van der Waals surface area (Å²) in [5.74, 6) is 0.446. The highest BCUT2D eigenvalue weighted by atomic mass is 35.5. The molecule has 1 saturated heterocycles. The minimum absolute atomic E-state index is 0. The molecular formula is C12H14ClN2O2S-. The average Bonchev–Trinajstić information content (AvgIpc) is 2.63. The lowest BCUT2D eigenvalue weighted by molar-refractivity contribution is -0.121. The van der Waals surface area contributed by atoms with Gasteiger partial charge < -0.3 is 18.1 Å².